The first-order valence-electron chi connectivity index (χ1n) is 5.33. The van der Waals surface area contributed by atoms with Crippen LogP contribution in [0.2, 0.25) is 5.02 Å². The summed E-state index contributed by atoms with van der Waals surface area (Å²) in [6, 6.07) is 8.37. The second-order valence-corrected chi connectivity index (χ2v) is 4.79. The fourth-order valence-corrected chi connectivity index (χ4v) is 2.47. The summed E-state index contributed by atoms with van der Waals surface area (Å²) in [5, 5.41) is 8.33. The molecule has 16 heavy (non-hydrogen) atoms. The van der Waals surface area contributed by atoms with E-state index in [1.165, 1.54) is 11.1 Å². The Balaban J connectivity index is 2.23. The van der Waals surface area contributed by atoms with Crippen molar-refractivity contribution in [2.75, 3.05) is 6.54 Å². The van der Waals surface area contributed by atoms with E-state index in [9.17, 15) is 0 Å². The summed E-state index contributed by atoms with van der Waals surface area (Å²) >= 11 is 7.95. The van der Waals surface area contributed by atoms with Crippen molar-refractivity contribution in [1.29, 1.82) is 0 Å². The Morgan fingerprint density at radius 2 is 2.12 bits per heavy atom. The van der Waals surface area contributed by atoms with Gasteiger partial charge in [0.05, 0.1) is 0 Å². The van der Waals surface area contributed by atoms with Crippen molar-refractivity contribution in [2.45, 2.75) is 13.5 Å². The molecule has 0 spiro atoms. The highest BCUT2D eigenvalue weighted by atomic mass is 35.5. The van der Waals surface area contributed by atoms with E-state index in [4.69, 9.17) is 11.6 Å². The third-order valence-electron chi connectivity index (χ3n) is 2.47. The van der Waals surface area contributed by atoms with Crippen LogP contribution in [0.15, 0.2) is 35.0 Å². The third-order valence-corrected chi connectivity index (χ3v) is 3.51. The molecule has 0 saturated heterocycles. The number of hydrogen-bond donors (Lipinski definition) is 1. The first kappa shape index (κ1) is 11.6. The van der Waals surface area contributed by atoms with Gasteiger partial charge in [0.25, 0.3) is 0 Å². The minimum Gasteiger partial charge on any atom is -0.313 e. The summed E-state index contributed by atoms with van der Waals surface area (Å²) < 4.78 is 0. The Labute approximate surface area is 105 Å². The van der Waals surface area contributed by atoms with Crippen LogP contribution in [-0.2, 0) is 6.54 Å². The lowest BCUT2D eigenvalue weighted by Gasteiger charge is -2.06. The quantitative estimate of drug-likeness (QED) is 0.860. The molecule has 0 radical (unpaired) electrons. The van der Waals surface area contributed by atoms with E-state index >= 15 is 0 Å². The smallest absolute Gasteiger partial charge is 0.0457 e. The Morgan fingerprint density at radius 3 is 2.75 bits per heavy atom. The van der Waals surface area contributed by atoms with E-state index in [1.54, 1.807) is 11.3 Å². The van der Waals surface area contributed by atoms with E-state index < -0.39 is 0 Å². The van der Waals surface area contributed by atoms with Crippen molar-refractivity contribution in [2.24, 2.45) is 0 Å². The maximum atomic E-state index is 6.25. The second kappa shape index (κ2) is 5.48. The number of rotatable bonds is 4. The Morgan fingerprint density at radius 1 is 1.25 bits per heavy atom. The molecule has 2 aromatic rings. The average Bonchev–Trinajstić information content (AvgIpc) is 2.81. The molecule has 0 amide bonds. The van der Waals surface area contributed by atoms with E-state index in [2.05, 4.69) is 41.2 Å². The molecule has 0 aliphatic rings. The predicted octanol–water partition coefficient (Wildman–Crippen LogP) is 4.18. The number of hydrogen-bond acceptors (Lipinski definition) is 2. The van der Waals surface area contributed by atoms with Gasteiger partial charge in [-0.2, -0.15) is 11.3 Å². The van der Waals surface area contributed by atoms with Crippen LogP contribution >= 0.6 is 22.9 Å². The first-order valence-corrected chi connectivity index (χ1v) is 6.65. The highest BCUT2D eigenvalue weighted by molar-refractivity contribution is 7.08. The average molecular weight is 252 g/mol. The van der Waals surface area contributed by atoms with Crippen molar-refractivity contribution < 1.29 is 0 Å². The van der Waals surface area contributed by atoms with Crippen molar-refractivity contribution in [3.63, 3.8) is 0 Å². The molecule has 0 atom stereocenters. The summed E-state index contributed by atoms with van der Waals surface area (Å²) in [6.07, 6.45) is 0. The number of benzene rings is 1. The van der Waals surface area contributed by atoms with Crippen molar-refractivity contribution in [3.05, 3.63) is 45.6 Å². The fourth-order valence-electron chi connectivity index (χ4n) is 1.56. The van der Waals surface area contributed by atoms with E-state index in [0.29, 0.717) is 0 Å². The summed E-state index contributed by atoms with van der Waals surface area (Å²) in [6.45, 7) is 3.88. The van der Waals surface area contributed by atoms with Gasteiger partial charge in [-0.3, -0.25) is 0 Å². The lowest BCUT2D eigenvalue weighted by Crippen LogP contribution is -2.11. The van der Waals surface area contributed by atoms with Gasteiger partial charge in [-0.05, 0) is 46.1 Å². The summed E-state index contributed by atoms with van der Waals surface area (Å²) in [4.78, 5) is 0. The molecular formula is C13H14ClNS. The SMILES string of the molecule is CCNCc1ccc(-c2ccsc2)cc1Cl. The van der Waals surface area contributed by atoms with Gasteiger partial charge in [0.1, 0.15) is 0 Å². The Bertz CT molecular complexity index is 451. The molecule has 0 fully saturated rings. The molecule has 1 aromatic carbocycles. The lowest BCUT2D eigenvalue weighted by molar-refractivity contribution is 0.727. The monoisotopic (exact) mass is 251 g/mol. The molecule has 1 nitrogen and oxygen atoms in total. The third kappa shape index (κ3) is 2.64. The Hall–Kier alpha value is -0.830. The first-order chi connectivity index (χ1) is 7.81. The van der Waals surface area contributed by atoms with Crippen LogP contribution in [0.1, 0.15) is 12.5 Å². The molecule has 0 aliphatic carbocycles. The standard InChI is InChI=1S/C13H14ClNS/c1-2-15-8-11-4-3-10(7-13(11)14)12-5-6-16-9-12/h3-7,9,15H,2,8H2,1H3. The van der Waals surface area contributed by atoms with Crippen LogP contribution in [0.25, 0.3) is 11.1 Å². The van der Waals surface area contributed by atoms with Crippen molar-refractivity contribution in [3.8, 4) is 11.1 Å². The number of halogens is 1. The van der Waals surface area contributed by atoms with Crippen LogP contribution in [-0.4, -0.2) is 6.54 Å². The maximum Gasteiger partial charge on any atom is 0.0457 e. The van der Waals surface area contributed by atoms with E-state index in [1.807, 2.05) is 6.07 Å². The Kier molecular flexibility index (Phi) is 3.99. The molecule has 84 valence electrons. The molecule has 0 aliphatic heterocycles. The minimum absolute atomic E-state index is 0.833. The molecule has 1 aromatic heterocycles. The highest BCUT2D eigenvalue weighted by Crippen LogP contribution is 2.27. The van der Waals surface area contributed by atoms with E-state index in [0.717, 1.165) is 23.7 Å². The largest absolute Gasteiger partial charge is 0.313 e. The summed E-state index contributed by atoms with van der Waals surface area (Å²) in [7, 11) is 0. The fraction of sp³-hybridized carbons (Fsp3) is 0.231. The topological polar surface area (TPSA) is 12.0 Å². The van der Waals surface area contributed by atoms with Crippen LogP contribution in [0, 0.1) is 0 Å². The molecule has 1 heterocycles. The molecule has 1 N–H and O–H groups in total. The molecule has 0 saturated carbocycles. The van der Waals surface area contributed by atoms with Gasteiger partial charge in [0, 0.05) is 11.6 Å². The summed E-state index contributed by atoms with van der Waals surface area (Å²) in [5.74, 6) is 0. The van der Waals surface area contributed by atoms with Crippen LogP contribution in [0.5, 0.6) is 0 Å². The van der Waals surface area contributed by atoms with Crippen LogP contribution in [0.4, 0.5) is 0 Å². The van der Waals surface area contributed by atoms with Gasteiger partial charge in [-0.25, -0.2) is 0 Å². The van der Waals surface area contributed by atoms with Crippen molar-refractivity contribution in [1.82, 2.24) is 5.32 Å². The zero-order valence-electron chi connectivity index (χ0n) is 9.16. The normalized spacial score (nSPS) is 10.6. The maximum absolute atomic E-state index is 6.25. The minimum atomic E-state index is 0.833. The van der Waals surface area contributed by atoms with Gasteiger partial charge in [-0.1, -0.05) is 30.7 Å². The predicted molar refractivity (Wildman–Crippen MR) is 72.1 cm³/mol. The van der Waals surface area contributed by atoms with Gasteiger partial charge in [-0.15, -0.1) is 0 Å². The zero-order valence-corrected chi connectivity index (χ0v) is 10.7. The van der Waals surface area contributed by atoms with Crippen LogP contribution < -0.4 is 5.32 Å². The second-order valence-electron chi connectivity index (χ2n) is 3.60. The van der Waals surface area contributed by atoms with Crippen LogP contribution in [0.3, 0.4) is 0 Å². The van der Waals surface area contributed by atoms with Gasteiger partial charge in [0.15, 0.2) is 0 Å². The number of nitrogens with one attached hydrogen (secondary N) is 1. The molecule has 3 heteroatoms. The van der Waals surface area contributed by atoms with E-state index in [-0.39, 0.29) is 0 Å². The molecule has 0 unspecified atom stereocenters. The van der Waals surface area contributed by atoms with Gasteiger partial charge in [0.2, 0.25) is 0 Å². The lowest BCUT2D eigenvalue weighted by atomic mass is 10.1. The van der Waals surface area contributed by atoms with Crippen molar-refractivity contribution >= 4 is 22.9 Å². The van der Waals surface area contributed by atoms with Gasteiger partial charge < -0.3 is 5.32 Å². The molecule has 0 bridgehead atoms. The molecule has 2 rings (SSSR count). The zero-order chi connectivity index (χ0) is 11.4. The molecular weight excluding hydrogens is 238 g/mol. The highest BCUT2D eigenvalue weighted by Gasteiger charge is 2.03. The van der Waals surface area contributed by atoms with Gasteiger partial charge >= 0.3 is 0 Å². The summed E-state index contributed by atoms with van der Waals surface area (Å²) in [5.41, 5.74) is 3.58. The number of thiophene rings is 1.